The van der Waals surface area contributed by atoms with Gasteiger partial charge in [-0.05, 0) is 30.3 Å². The largest absolute Gasteiger partial charge is 0.338 e. The molecule has 0 saturated heterocycles. The first-order chi connectivity index (χ1) is 9.86. The second-order valence-corrected chi connectivity index (χ2v) is 7.46. The fourth-order valence-corrected chi connectivity index (χ4v) is 3.44. The molecule has 0 aliphatic heterocycles. The highest BCUT2D eigenvalue weighted by Crippen LogP contribution is 2.31. The number of H-pyrrole nitrogens is 1. The van der Waals surface area contributed by atoms with Gasteiger partial charge in [-0.3, -0.25) is 0 Å². The Labute approximate surface area is 131 Å². The molecular weight excluding hydrogens is 331 g/mol. The highest BCUT2D eigenvalue weighted by atomic mass is 35.5. The van der Waals surface area contributed by atoms with E-state index in [2.05, 4.69) is 9.97 Å². The second kappa shape index (κ2) is 5.02. The van der Waals surface area contributed by atoms with Crippen molar-refractivity contribution in [1.82, 2.24) is 9.97 Å². The molecule has 108 valence electrons. The number of nitrogens with one attached hydrogen (secondary N) is 1. The molecule has 0 aliphatic rings. The molecule has 4 nitrogen and oxygen atoms in total. The molecule has 0 radical (unpaired) electrons. The number of hydrogen-bond acceptors (Lipinski definition) is 3. The highest BCUT2D eigenvalue weighted by Gasteiger charge is 2.16. The van der Waals surface area contributed by atoms with Crippen molar-refractivity contribution in [2.45, 2.75) is 4.90 Å². The Morgan fingerprint density at radius 3 is 2.57 bits per heavy atom. The highest BCUT2D eigenvalue weighted by molar-refractivity contribution is 7.91. The molecule has 0 atom stereocenters. The van der Waals surface area contributed by atoms with Crippen molar-refractivity contribution >= 4 is 44.1 Å². The van der Waals surface area contributed by atoms with Crippen molar-refractivity contribution in [3.05, 3.63) is 46.4 Å². The van der Waals surface area contributed by atoms with Crippen molar-refractivity contribution in [2.75, 3.05) is 6.26 Å². The average Bonchev–Trinajstić information content (AvgIpc) is 2.80. The number of hydrogen-bond donors (Lipinski definition) is 1. The van der Waals surface area contributed by atoms with Crippen molar-refractivity contribution in [3.8, 4) is 11.4 Å². The molecule has 3 rings (SSSR count). The number of nitrogens with zero attached hydrogens (tertiary/aromatic N) is 1. The van der Waals surface area contributed by atoms with Crippen LogP contribution in [-0.4, -0.2) is 24.6 Å². The zero-order chi connectivity index (χ0) is 15.2. The fraction of sp³-hybridized carbons (Fsp3) is 0.0714. The smallest absolute Gasteiger partial charge is 0.177 e. The first-order valence-electron chi connectivity index (χ1n) is 6.00. The maximum atomic E-state index is 11.8. The third-order valence-electron chi connectivity index (χ3n) is 3.06. The van der Waals surface area contributed by atoms with E-state index in [4.69, 9.17) is 23.2 Å². The molecule has 3 aromatic rings. The molecule has 0 fully saturated rings. The number of rotatable bonds is 2. The Kier molecular flexibility index (Phi) is 3.43. The standard InChI is InChI=1S/C14H10Cl2N2O2S/c1-21(19,20)12-4-2-3-11-13(12)18-14(17-11)9-6-5-8(15)7-10(9)16/h2-7H,1H3,(H,17,18). The van der Waals surface area contributed by atoms with Crippen LogP contribution in [0.3, 0.4) is 0 Å². The summed E-state index contributed by atoms with van der Waals surface area (Å²) >= 11 is 12.0. The zero-order valence-corrected chi connectivity index (χ0v) is 13.2. The predicted octanol–water partition coefficient (Wildman–Crippen LogP) is 3.94. The van der Waals surface area contributed by atoms with Crippen LogP contribution in [-0.2, 0) is 9.84 Å². The second-order valence-electron chi connectivity index (χ2n) is 4.63. The number of halogens is 2. The van der Waals surface area contributed by atoms with Crippen LogP contribution in [0.15, 0.2) is 41.3 Å². The Morgan fingerprint density at radius 2 is 1.90 bits per heavy atom. The van der Waals surface area contributed by atoms with Crippen LogP contribution in [0.2, 0.25) is 10.0 Å². The minimum atomic E-state index is -3.35. The Morgan fingerprint density at radius 1 is 1.14 bits per heavy atom. The number of aromatic nitrogens is 2. The van der Waals surface area contributed by atoms with Crippen molar-refractivity contribution in [2.24, 2.45) is 0 Å². The molecule has 21 heavy (non-hydrogen) atoms. The Bertz CT molecular complexity index is 949. The van der Waals surface area contributed by atoms with Crippen LogP contribution >= 0.6 is 23.2 Å². The monoisotopic (exact) mass is 340 g/mol. The van der Waals surface area contributed by atoms with Gasteiger partial charge in [-0.25, -0.2) is 13.4 Å². The summed E-state index contributed by atoms with van der Waals surface area (Å²) in [4.78, 5) is 7.65. The molecule has 7 heteroatoms. The van der Waals surface area contributed by atoms with Gasteiger partial charge >= 0.3 is 0 Å². The SMILES string of the molecule is CS(=O)(=O)c1cccc2[nH]c(-c3ccc(Cl)cc3Cl)nc12. The molecule has 0 saturated carbocycles. The first kappa shape index (κ1) is 14.4. The van der Waals surface area contributed by atoms with Gasteiger partial charge in [0, 0.05) is 16.8 Å². The summed E-state index contributed by atoms with van der Waals surface area (Å²) in [6.45, 7) is 0. The summed E-state index contributed by atoms with van der Waals surface area (Å²) in [5, 5.41) is 0.971. The van der Waals surface area contributed by atoms with Gasteiger partial charge in [0.1, 0.15) is 11.3 Å². The van der Waals surface area contributed by atoms with E-state index in [9.17, 15) is 8.42 Å². The number of fused-ring (bicyclic) bond motifs is 1. The first-order valence-corrected chi connectivity index (χ1v) is 8.65. The quantitative estimate of drug-likeness (QED) is 0.768. The van der Waals surface area contributed by atoms with E-state index in [1.807, 2.05) is 0 Å². The lowest BCUT2D eigenvalue weighted by Gasteiger charge is -2.00. The molecule has 2 aromatic carbocycles. The van der Waals surface area contributed by atoms with E-state index in [0.29, 0.717) is 32.5 Å². The predicted molar refractivity (Wildman–Crippen MR) is 84.7 cm³/mol. The fourth-order valence-electron chi connectivity index (χ4n) is 2.11. The topological polar surface area (TPSA) is 62.8 Å². The molecule has 0 bridgehead atoms. The number of para-hydroxylation sites is 1. The lowest BCUT2D eigenvalue weighted by Crippen LogP contribution is -1.97. The maximum absolute atomic E-state index is 11.8. The van der Waals surface area contributed by atoms with Crippen molar-refractivity contribution in [3.63, 3.8) is 0 Å². The summed E-state index contributed by atoms with van der Waals surface area (Å²) in [5.74, 6) is 0.503. The normalized spacial score (nSPS) is 12.0. The van der Waals surface area contributed by atoms with E-state index in [0.717, 1.165) is 6.26 Å². The van der Waals surface area contributed by atoms with Crippen LogP contribution in [0.4, 0.5) is 0 Å². The minimum Gasteiger partial charge on any atom is -0.338 e. The molecule has 0 unspecified atom stereocenters. The van der Waals surface area contributed by atoms with Crippen LogP contribution in [0.25, 0.3) is 22.4 Å². The van der Waals surface area contributed by atoms with Gasteiger partial charge in [0.2, 0.25) is 0 Å². The van der Waals surface area contributed by atoms with E-state index in [1.54, 1.807) is 30.3 Å². The number of aromatic amines is 1. The summed E-state index contributed by atoms with van der Waals surface area (Å²) < 4.78 is 23.6. The molecule has 0 spiro atoms. The zero-order valence-electron chi connectivity index (χ0n) is 10.9. The molecule has 1 heterocycles. The minimum absolute atomic E-state index is 0.188. The third kappa shape index (κ3) is 2.64. The molecular formula is C14H10Cl2N2O2S. The summed E-state index contributed by atoms with van der Waals surface area (Å²) in [5.41, 5.74) is 1.71. The summed E-state index contributed by atoms with van der Waals surface area (Å²) in [6.07, 6.45) is 1.16. The van der Waals surface area contributed by atoms with Crippen molar-refractivity contribution < 1.29 is 8.42 Å². The molecule has 0 amide bonds. The third-order valence-corrected chi connectivity index (χ3v) is 4.74. The molecule has 1 aromatic heterocycles. The lowest BCUT2D eigenvalue weighted by molar-refractivity contribution is 0.602. The van der Waals surface area contributed by atoms with Gasteiger partial charge < -0.3 is 4.98 Å². The van der Waals surface area contributed by atoms with Crippen LogP contribution in [0.5, 0.6) is 0 Å². The van der Waals surface area contributed by atoms with E-state index in [-0.39, 0.29) is 4.90 Å². The number of benzene rings is 2. The van der Waals surface area contributed by atoms with Crippen molar-refractivity contribution in [1.29, 1.82) is 0 Å². The number of sulfone groups is 1. The van der Waals surface area contributed by atoms with Gasteiger partial charge in [-0.2, -0.15) is 0 Å². The average molecular weight is 341 g/mol. The van der Waals surface area contributed by atoms with E-state index < -0.39 is 9.84 Å². The molecule has 1 N–H and O–H groups in total. The van der Waals surface area contributed by atoms with E-state index in [1.165, 1.54) is 6.07 Å². The number of imidazole rings is 1. The van der Waals surface area contributed by atoms with Gasteiger partial charge in [-0.1, -0.05) is 29.3 Å². The van der Waals surface area contributed by atoms with Gasteiger partial charge in [0.25, 0.3) is 0 Å². The summed E-state index contributed by atoms with van der Waals surface area (Å²) in [6, 6.07) is 10.0. The lowest BCUT2D eigenvalue weighted by atomic mass is 10.2. The molecule has 0 aliphatic carbocycles. The van der Waals surface area contributed by atoms with Gasteiger partial charge in [0.05, 0.1) is 15.4 Å². The van der Waals surface area contributed by atoms with Crippen LogP contribution in [0.1, 0.15) is 0 Å². The Balaban J connectivity index is 2.27. The van der Waals surface area contributed by atoms with Crippen LogP contribution < -0.4 is 0 Å². The summed E-state index contributed by atoms with van der Waals surface area (Å²) in [7, 11) is -3.35. The van der Waals surface area contributed by atoms with Crippen LogP contribution in [0, 0.1) is 0 Å². The Hall–Kier alpha value is -1.56. The van der Waals surface area contributed by atoms with Gasteiger partial charge in [0.15, 0.2) is 9.84 Å². The van der Waals surface area contributed by atoms with E-state index >= 15 is 0 Å². The maximum Gasteiger partial charge on any atom is 0.177 e. The van der Waals surface area contributed by atoms with Gasteiger partial charge in [-0.15, -0.1) is 0 Å².